The number of hydrogen-bond acceptors (Lipinski definition) is 2. The number of nitrogens with zero attached hydrogens (tertiary/aromatic N) is 1. The maximum atomic E-state index is 13.1. The van der Waals surface area contributed by atoms with Gasteiger partial charge in [0.25, 0.3) is 0 Å². The van der Waals surface area contributed by atoms with E-state index in [1.54, 1.807) is 0 Å². The van der Waals surface area contributed by atoms with Crippen LogP contribution < -0.4 is 0 Å². The highest BCUT2D eigenvalue weighted by atomic mass is 19.1. The number of alkyl halides is 1. The minimum atomic E-state index is -1.03. The normalized spacial score (nSPS) is 33.0. The largest absolute Gasteiger partial charge is 0.390 e. The standard InChI is InChI=1S/C10H20FNO/c1-10(2,3)12-6-4-8(11)9(13)5-7-12/h8-9,13H,4-7H2,1-3H3. The summed E-state index contributed by atoms with van der Waals surface area (Å²) >= 11 is 0. The van der Waals surface area contributed by atoms with Crippen molar-refractivity contribution in [3.8, 4) is 0 Å². The Labute approximate surface area is 79.7 Å². The predicted octanol–water partition coefficient (Wildman–Crippen LogP) is 1.58. The van der Waals surface area contributed by atoms with Crippen molar-refractivity contribution < 1.29 is 9.50 Å². The Hall–Kier alpha value is -0.150. The van der Waals surface area contributed by atoms with E-state index in [0.717, 1.165) is 13.1 Å². The highest BCUT2D eigenvalue weighted by Gasteiger charge is 2.29. The van der Waals surface area contributed by atoms with Crippen LogP contribution in [0.15, 0.2) is 0 Å². The summed E-state index contributed by atoms with van der Waals surface area (Å²) in [5.74, 6) is 0. The zero-order valence-corrected chi connectivity index (χ0v) is 8.76. The van der Waals surface area contributed by atoms with Crippen LogP contribution >= 0.6 is 0 Å². The van der Waals surface area contributed by atoms with Gasteiger partial charge in [-0.3, -0.25) is 4.90 Å². The van der Waals surface area contributed by atoms with Gasteiger partial charge in [0.05, 0.1) is 6.10 Å². The third kappa shape index (κ3) is 2.92. The molecule has 1 aliphatic rings. The molecule has 0 radical (unpaired) electrons. The molecule has 2 atom stereocenters. The molecule has 0 saturated carbocycles. The molecule has 2 nitrogen and oxygen atoms in total. The summed E-state index contributed by atoms with van der Waals surface area (Å²) in [5.41, 5.74) is 0.0871. The molecule has 2 unspecified atom stereocenters. The summed E-state index contributed by atoms with van der Waals surface area (Å²) in [6, 6.07) is 0. The zero-order chi connectivity index (χ0) is 10.1. The van der Waals surface area contributed by atoms with Gasteiger partial charge in [0.15, 0.2) is 0 Å². The van der Waals surface area contributed by atoms with Crippen molar-refractivity contribution in [2.75, 3.05) is 13.1 Å². The van der Waals surface area contributed by atoms with Gasteiger partial charge in [-0.15, -0.1) is 0 Å². The summed E-state index contributed by atoms with van der Waals surface area (Å²) in [4.78, 5) is 2.23. The average molecular weight is 189 g/mol. The quantitative estimate of drug-likeness (QED) is 0.625. The molecule has 1 rings (SSSR count). The monoisotopic (exact) mass is 189 g/mol. The predicted molar refractivity (Wildman–Crippen MR) is 51.5 cm³/mol. The smallest absolute Gasteiger partial charge is 0.127 e. The van der Waals surface area contributed by atoms with Crippen LogP contribution in [0, 0.1) is 0 Å². The molecule has 1 heterocycles. The zero-order valence-electron chi connectivity index (χ0n) is 8.76. The van der Waals surface area contributed by atoms with Crippen molar-refractivity contribution in [3.63, 3.8) is 0 Å². The van der Waals surface area contributed by atoms with Crippen molar-refractivity contribution >= 4 is 0 Å². The van der Waals surface area contributed by atoms with Crippen LogP contribution in [0.2, 0.25) is 0 Å². The lowest BCUT2D eigenvalue weighted by Crippen LogP contribution is -2.42. The average Bonchev–Trinajstić information content (AvgIpc) is 2.14. The molecule has 0 aliphatic carbocycles. The molecule has 0 aromatic carbocycles. The number of aliphatic hydroxyl groups is 1. The van der Waals surface area contributed by atoms with Crippen molar-refractivity contribution in [2.45, 2.75) is 51.4 Å². The molecule has 1 saturated heterocycles. The molecule has 78 valence electrons. The second kappa shape index (κ2) is 3.93. The number of rotatable bonds is 0. The van der Waals surface area contributed by atoms with E-state index in [2.05, 4.69) is 25.7 Å². The fourth-order valence-electron chi connectivity index (χ4n) is 1.72. The highest BCUT2D eigenvalue weighted by Crippen LogP contribution is 2.21. The van der Waals surface area contributed by atoms with E-state index < -0.39 is 12.3 Å². The van der Waals surface area contributed by atoms with Crippen molar-refractivity contribution in [3.05, 3.63) is 0 Å². The topological polar surface area (TPSA) is 23.5 Å². The molecular weight excluding hydrogens is 169 g/mol. The summed E-state index contributed by atoms with van der Waals surface area (Å²) < 4.78 is 13.1. The molecule has 13 heavy (non-hydrogen) atoms. The van der Waals surface area contributed by atoms with Crippen LogP contribution in [0.5, 0.6) is 0 Å². The summed E-state index contributed by atoms with van der Waals surface area (Å²) in [5, 5.41) is 9.34. The van der Waals surface area contributed by atoms with Crippen molar-refractivity contribution in [2.24, 2.45) is 0 Å². The van der Waals surface area contributed by atoms with Crippen LogP contribution in [0.25, 0.3) is 0 Å². The van der Waals surface area contributed by atoms with Crippen molar-refractivity contribution in [1.29, 1.82) is 0 Å². The Morgan fingerprint density at radius 1 is 1.23 bits per heavy atom. The Bertz CT molecular complexity index is 155. The molecule has 0 amide bonds. The third-order valence-electron chi connectivity index (χ3n) is 2.74. The van der Waals surface area contributed by atoms with E-state index in [4.69, 9.17) is 0 Å². The second-order valence-corrected chi connectivity index (χ2v) is 4.82. The lowest BCUT2D eigenvalue weighted by Gasteiger charge is -2.34. The maximum absolute atomic E-state index is 13.1. The van der Waals surface area contributed by atoms with Gasteiger partial charge in [-0.05, 0) is 33.6 Å². The Morgan fingerprint density at radius 3 is 2.31 bits per heavy atom. The molecule has 3 heteroatoms. The summed E-state index contributed by atoms with van der Waals surface area (Å²) in [6.07, 6.45) is -0.781. The first kappa shape index (κ1) is 10.9. The molecule has 1 N–H and O–H groups in total. The van der Waals surface area contributed by atoms with Crippen LogP contribution in [-0.4, -0.2) is 40.9 Å². The van der Waals surface area contributed by atoms with Crippen molar-refractivity contribution in [1.82, 2.24) is 4.90 Å². The highest BCUT2D eigenvalue weighted by molar-refractivity contribution is 4.83. The van der Waals surface area contributed by atoms with Gasteiger partial charge in [-0.1, -0.05) is 0 Å². The fraction of sp³-hybridized carbons (Fsp3) is 1.00. The SMILES string of the molecule is CC(C)(C)N1CCC(O)C(F)CC1. The molecule has 0 aromatic rings. The minimum absolute atomic E-state index is 0.0871. The van der Waals surface area contributed by atoms with Gasteiger partial charge in [0.2, 0.25) is 0 Å². The Kier molecular flexibility index (Phi) is 3.30. The fourth-order valence-corrected chi connectivity index (χ4v) is 1.72. The summed E-state index contributed by atoms with van der Waals surface area (Å²) in [6.45, 7) is 7.92. The first-order valence-electron chi connectivity index (χ1n) is 4.98. The second-order valence-electron chi connectivity index (χ2n) is 4.82. The molecule has 1 fully saturated rings. The minimum Gasteiger partial charge on any atom is -0.390 e. The third-order valence-corrected chi connectivity index (χ3v) is 2.74. The van der Waals surface area contributed by atoms with E-state index in [9.17, 15) is 9.50 Å². The Morgan fingerprint density at radius 2 is 1.77 bits per heavy atom. The van der Waals surface area contributed by atoms with Crippen LogP contribution in [-0.2, 0) is 0 Å². The van der Waals surface area contributed by atoms with E-state index in [0.29, 0.717) is 12.8 Å². The van der Waals surface area contributed by atoms with E-state index in [-0.39, 0.29) is 5.54 Å². The molecular formula is C10H20FNO. The number of likely N-dealkylation sites (tertiary alicyclic amines) is 1. The van der Waals surface area contributed by atoms with Gasteiger partial charge < -0.3 is 5.11 Å². The van der Waals surface area contributed by atoms with Crippen LogP contribution in [0.3, 0.4) is 0 Å². The summed E-state index contributed by atoms with van der Waals surface area (Å²) in [7, 11) is 0. The number of hydrogen-bond donors (Lipinski definition) is 1. The van der Waals surface area contributed by atoms with Gasteiger partial charge >= 0.3 is 0 Å². The number of halogens is 1. The van der Waals surface area contributed by atoms with E-state index >= 15 is 0 Å². The van der Waals surface area contributed by atoms with Gasteiger partial charge in [0, 0.05) is 18.6 Å². The number of aliphatic hydroxyl groups excluding tert-OH is 1. The molecule has 0 spiro atoms. The lowest BCUT2D eigenvalue weighted by molar-refractivity contribution is 0.0747. The molecule has 0 aromatic heterocycles. The first-order valence-corrected chi connectivity index (χ1v) is 4.98. The first-order chi connectivity index (χ1) is 5.91. The Balaban J connectivity index is 2.54. The van der Waals surface area contributed by atoms with E-state index in [1.165, 1.54) is 0 Å². The van der Waals surface area contributed by atoms with Gasteiger partial charge in [-0.25, -0.2) is 4.39 Å². The molecule has 0 bridgehead atoms. The van der Waals surface area contributed by atoms with Gasteiger partial charge in [-0.2, -0.15) is 0 Å². The van der Waals surface area contributed by atoms with Crippen LogP contribution in [0.1, 0.15) is 33.6 Å². The van der Waals surface area contributed by atoms with E-state index in [1.807, 2.05) is 0 Å². The maximum Gasteiger partial charge on any atom is 0.127 e. The van der Waals surface area contributed by atoms with Gasteiger partial charge in [0.1, 0.15) is 6.17 Å². The molecule has 1 aliphatic heterocycles. The van der Waals surface area contributed by atoms with Crippen LogP contribution in [0.4, 0.5) is 4.39 Å². The lowest BCUT2D eigenvalue weighted by atomic mass is 10.1.